The number of esters is 1. The summed E-state index contributed by atoms with van der Waals surface area (Å²) >= 11 is 0. The molecule has 3 unspecified atom stereocenters. The highest BCUT2D eigenvalue weighted by atomic mass is 16.6. The minimum Gasteiger partial charge on any atom is -0.460 e. The molecule has 2 saturated carbocycles. The maximum absolute atomic E-state index is 11.6. The van der Waals surface area contributed by atoms with Crippen LogP contribution in [0.15, 0.2) is 0 Å². The molecule has 0 spiro atoms. The molecule has 0 heterocycles. The zero-order chi connectivity index (χ0) is 12.6. The Kier molecular flexibility index (Phi) is 3.48. The van der Waals surface area contributed by atoms with E-state index in [0.717, 1.165) is 19.3 Å². The first kappa shape index (κ1) is 12.9. The number of hydrogen-bond donors (Lipinski definition) is 1. The summed E-state index contributed by atoms with van der Waals surface area (Å²) in [5.41, 5.74) is -0.374. The molecule has 98 valence electrons. The smallest absolute Gasteiger partial charge is 0.306 e. The minimum absolute atomic E-state index is 0.0403. The van der Waals surface area contributed by atoms with Crippen LogP contribution in [-0.4, -0.2) is 22.8 Å². The molecule has 3 nitrogen and oxygen atoms in total. The standard InChI is InChI=1S/C14H24O3/c1-14(2,3)17-12(15)7-5-9-4-6-10-11(8-9)13(10)16/h9-11,13,16H,4-8H2,1-3H3/t9?,10?,11?,13-/m0/s1. The summed E-state index contributed by atoms with van der Waals surface area (Å²) < 4.78 is 5.30. The molecule has 0 aromatic heterocycles. The fraction of sp³-hybridized carbons (Fsp3) is 0.929. The van der Waals surface area contributed by atoms with E-state index >= 15 is 0 Å². The number of aliphatic hydroxyl groups excluding tert-OH is 1. The SMILES string of the molecule is CC(C)(C)OC(=O)CCC1CCC2C(C1)[C@H]2O. The molecule has 0 bridgehead atoms. The van der Waals surface area contributed by atoms with Gasteiger partial charge in [0.1, 0.15) is 5.60 Å². The Morgan fingerprint density at radius 3 is 2.59 bits per heavy atom. The Hall–Kier alpha value is -0.570. The van der Waals surface area contributed by atoms with E-state index < -0.39 is 0 Å². The topological polar surface area (TPSA) is 46.5 Å². The van der Waals surface area contributed by atoms with Gasteiger partial charge in [0.2, 0.25) is 0 Å². The summed E-state index contributed by atoms with van der Waals surface area (Å²) in [5.74, 6) is 1.64. The van der Waals surface area contributed by atoms with Crippen molar-refractivity contribution >= 4 is 5.97 Å². The molecule has 1 N–H and O–H groups in total. The first-order valence-corrected chi connectivity index (χ1v) is 6.77. The first-order valence-electron chi connectivity index (χ1n) is 6.77. The van der Waals surface area contributed by atoms with Gasteiger partial charge in [0.25, 0.3) is 0 Å². The Balaban J connectivity index is 1.67. The van der Waals surface area contributed by atoms with Gasteiger partial charge in [-0.25, -0.2) is 0 Å². The molecule has 0 aromatic carbocycles. The molecule has 17 heavy (non-hydrogen) atoms. The van der Waals surface area contributed by atoms with Gasteiger partial charge in [0.15, 0.2) is 0 Å². The maximum atomic E-state index is 11.6. The minimum atomic E-state index is -0.374. The molecule has 3 heteroatoms. The fourth-order valence-corrected chi connectivity index (χ4v) is 3.03. The average Bonchev–Trinajstić information content (AvgIpc) is 2.84. The van der Waals surface area contributed by atoms with Crippen LogP contribution in [0, 0.1) is 17.8 Å². The molecule has 0 saturated heterocycles. The van der Waals surface area contributed by atoms with Gasteiger partial charge >= 0.3 is 5.97 Å². The van der Waals surface area contributed by atoms with Gasteiger partial charge in [-0.05, 0) is 57.8 Å². The van der Waals surface area contributed by atoms with Crippen molar-refractivity contribution in [1.29, 1.82) is 0 Å². The quantitative estimate of drug-likeness (QED) is 0.771. The maximum Gasteiger partial charge on any atom is 0.306 e. The van der Waals surface area contributed by atoms with E-state index in [-0.39, 0.29) is 17.7 Å². The van der Waals surface area contributed by atoms with Gasteiger partial charge in [-0.1, -0.05) is 6.42 Å². The Morgan fingerprint density at radius 2 is 2.00 bits per heavy atom. The first-order chi connectivity index (χ1) is 7.87. The highest BCUT2D eigenvalue weighted by Crippen LogP contribution is 2.52. The number of fused-ring (bicyclic) bond motifs is 1. The van der Waals surface area contributed by atoms with E-state index in [0.29, 0.717) is 24.2 Å². The second-order valence-corrected chi connectivity index (χ2v) is 6.62. The number of hydrogen-bond acceptors (Lipinski definition) is 3. The van der Waals surface area contributed by atoms with Crippen molar-refractivity contribution in [2.75, 3.05) is 0 Å². The van der Waals surface area contributed by atoms with Gasteiger partial charge in [0, 0.05) is 6.42 Å². The third kappa shape index (κ3) is 3.44. The third-order valence-corrected chi connectivity index (χ3v) is 3.98. The fourth-order valence-electron chi connectivity index (χ4n) is 3.03. The number of rotatable bonds is 3. The molecule has 0 amide bonds. The molecule has 2 fully saturated rings. The van der Waals surface area contributed by atoms with Crippen molar-refractivity contribution in [3.8, 4) is 0 Å². The summed E-state index contributed by atoms with van der Waals surface area (Å²) in [5, 5.41) is 9.58. The number of carbonyl (C=O) groups excluding carboxylic acids is 1. The van der Waals surface area contributed by atoms with E-state index in [4.69, 9.17) is 4.74 Å². The summed E-state index contributed by atoms with van der Waals surface area (Å²) in [7, 11) is 0. The van der Waals surface area contributed by atoms with Crippen molar-refractivity contribution in [3.05, 3.63) is 0 Å². The molecular weight excluding hydrogens is 216 g/mol. The molecule has 0 aromatic rings. The van der Waals surface area contributed by atoms with Crippen molar-refractivity contribution in [3.63, 3.8) is 0 Å². The Bertz CT molecular complexity index is 292. The molecule has 0 aliphatic heterocycles. The van der Waals surface area contributed by atoms with Crippen molar-refractivity contribution in [1.82, 2.24) is 0 Å². The van der Waals surface area contributed by atoms with Gasteiger partial charge in [0.05, 0.1) is 6.10 Å². The summed E-state index contributed by atoms with van der Waals surface area (Å²) in [6.45, 7) is 5.70. The molecule has 2 aliphatic carbocycles. The summed E-state index contributed by atoms with van der Waals surface area (Å²) in [6, 6.07) is 0. The Morgan fingerprint density at radius 1 is 1.29 bits per heavy atom. The lowest BCUT2D eigenvalue weighted by molar-refractivity contribution is -0.155. The van der Waals surface area contributed by atoms with Crippen LogP contribution < -0.4 is 0 Å². The number of carbonyl (C=O) groups is 1. The lowest BCUT2D eigenvalue weighted by atomic mass is 9.86. The Labute approximate surface area is 104 Å². The predicted octanol–water partition coefficient (Wildman–Crippen LogP) is 2.52. The molecule has 2 aliphatic rings. The van der Waals surface area contributed by atoms with Crippen LogP contribution in [0.4, 0.5) is 0 Å². The van der Waals surface area contributed by atoms with Crippen LogP contribution in [0.2, 0.25) is 0 Å². The molecule has 0 radical (unpaired) electrons. The third-order valence-electron chi connectivity index (χ3n) is 3.98. The normalized spacial score (nSPS) is 36.2. The molecular formula is C14H24O3. The molecule has 4 atom stereocenters. The second kappa shape index (κ2) is 4.60. The van der Waals surface area contributed by atoms with E-state index in [2.05, 4.69) is 0 Å². The van der Waals surface area contributed by atoms with Crippen molar-refractivity contribution in [2.45, 2.75) is 64.6 Å². The largest absolute Gasteiger partial charge is 0.460 e. The molecule has 2 rings (SSSR count). The van der Waals surface area contributed by atoms with Gasteiger partial charge in [-0.15, -0.1) is 0 Å². The van der Waals surface area contributed by atoms with Crippen LogP contribution in [0.1, 0.15) is 52.9 Å². The number of aliphatic hydroxyl groups is 1. The van der Waals surface area contributed by atoms with Crippen LogP contribution in [-0.2, 0) is 9.53 Å². The zero-order valence-corrected chi connectivity index (χ0v) is 11.1. The van der Waals surface area contributed by atoms with Gasteiger partial charge < -0.3 is 9.84 Å². The van der Waals surface area contributed by atoms with Crippen molar-refractivity contribution < 1.29 is 14.6 Å². The monoisotopic (exact) mass is 240 g/mol. The van der Waals surface area contributed by atoms with Crippen LogP contribution in [0.25, 0.3) is 0 Å². The van der Waals surface area contributed by atoms with E-state index in [1.54, 1.807) is 0 Å². The van der Waals surface area contributed by atoms with E-state index in [9.17, 15) is 9.90 Å². The van der Waals surface area contributed by atoms with Crippen LogP contribution >= 0.6 is 0 Å². The highest BCUT2D eigenvalue weighted by molar-refractivity contribution is 5.69. The second-order valence-electron chi connectivity index (χ2n) is 6.62. The van der Waals surface area contributed by atoms with Crippen LogP contribution in [0.5, 0.6) is 0 Å². The van der Waals surface area contributed by atoms with Crippen molar-refractivity contribution in [2.24, 2.45) is 17.8 Å². The average molecular weight is 240 g/mol. The zero-order valence-electron chi connectivity index (χ0n) is 11.1. The lowest BCUT2D eigenvalue weighted by Gasteiger charge is -2.22. The highest BCUT2D eigenvalue weighted by Gasteiger charge is 2.51. The van der Waals surface area contributed by atoms with E-state index in [1.807, 2.05) is 20.8 Å². The predicted molar refractivity (Wildman–Crippen MR) is 65.4 cm³/mol. The van der Waals surface area contributed by atoms with Gasteiger partial charge in [-0.2, -0.15) is 0 Å². The van der Waals surface area contributed by atoms with Gasteiger partial charge in [-0.3, -0.25) is 4.79 Å². The summed E-state index contributed by atoms with van der Waals surface area (Å²) in [6.07, 6.45) is 4.82. The number of ether oxygens (including phenoxy) is 1. The summed E-state index contributed by atoms with van der Waals surface area (Å²) in [4.78, 5) is 11.6. The van der Waals surface area contributed by atoms with Crippen LogP contribution in [0.3, 0.4) is 0 Å². The lowest BCUT2D eigenvalue weighted by Crippen LogP contribution is -2.24. The van der Waals surface area contributed by atoms with E-state index in [1.165, 1.54) is 6.42 Å².